The fourth-order valence-electron chi connectivity index (χ4n) is 1.64. The normalized spacial score (nSPS) is 11.1. The van der Waals surface area contributed by atoms with Gasteiger partial charge in [-0.3, -0.25) is 15.5 Å². The van der Waals surface area contributed by atoms with Crippen molar-refractivity contribution < 1.29 is 4.92 Å². The van der Waals surface area contributed by atoms with Crippen molar-refractivity contribution >= 4 is 35.3 Å². The summed E-state index contributed by atoms with van der Waals surface area (Å²) in [4.78, 5) is 10.4. The molecule has 1 N–H and O–H groups in total. The number of rotatable bonds is 5. The molecule has 0 radical (unpaired) electrons. The van der Waals surface area contributed by atoms with Gasteiger partial charge >= 0.3 is 0 Å². The molecule has 0 aliphatic rings. The lowest BCUT2D eigenvalue weighted by Crippen LogP contribution is -1.91. The molecule has 0 heterocycles. The van der Waals surface area contributed by atoms with Gasteiger partial charge in [0, 0.05) is 12.3 Å². The molecule has 0 aliphatic heterocycles. The molecular weight excluding hydrogens is 290 g/mol. The number of benzene rings is 2. The van der Waals surface area contributed by atoms with Gasteiger partial charge in [0.05, 0.1) is 21.2 Å². The average Bonchev–Trinajstić information content (AvgIpc) is 2.49. The number of nitrogens with one attached hydrogen (secondary N) is 1. The van der Waals surface area contributed by atoms with E-state index in [-0.39, 0.29) is 5.69 Å². The van der Waals surface area contributed by atoms with Gasteiger partial charge in [-0.25, -0.2) is 0 Å². The highest BCUT2D eigenvalue weighted by Gasteiger charge is 2.08. The van der Waals surface area contributed by atoms with Crippen LogP contribution in [0.5, 0.6) is 0 Å². The van der Waals surface area contributed by atoms with Crippen molar-refractivity contribution in [3.05, 3.63) is 75.3 Å². The Morgan fingerprint density at radius 3 is 2.62 bits per heavy atom. The third-order valence-corrected chi connectivity index (χ3v) is 2.96. The van der Waals surface area contributed by atoms with Crippen molar-refractivity contribution in [3.8, 4) is 0 Å². The molecular formula is C15H12ClN3O2. The lowest BCUT2D eigenvalue weighted by molar-refractivity contribution is -0.385. The van der Waals surface area contributed by atoms with Gasteiger partial charge in [-0.2, -0.15) is 5.10 Å². The summed E-state index contributed by atoms with van der Waals surface area (Å²) >= 11 is 5.96. The molecule has 2 aromatic rings. The zero-order valence-electron chi connectivity index (χ0n) is 10.9. The number of halogens is 1. The molecule has 0 fully saturated rings. The Morgan fingerprint density at radius 1 is 1.14 bits per heavy atom. The minimum absolute atomic E-state index is 0.0567. The lowest BCUT2D eigenvalue weighted by Gasteiger charge is -2.00. The van der Waals surface area contributed by atoms with Crippen LogP contribution >= 0.6 is 11.6 Å². The molecule has 21 heavy (non-hydrogen) atoms. The van der Waals surface area contributed by atoms with E-state index < -0.39 is 4.92 Å². The SMILES string of the molecule is O=[N+]([O-])c1ccccc1C=CC=NNc1ccccc1Cl. The maximum atomic E-state index is 10.8. The highest BCUT2D eigenvalue weighted by atomic mass is 35.5. The number of nitro groups is 1. The monoisotopic (exact) mass is 301 g/mol. The van der Waals surface area contributed by atoms with Crippen molar-refractivity contribution in [2.24, 2.45) is 5.10 Å². The standard InChI is InChI=1S/C15H12ClN3O2/c16-13-8-2-3-9-14(13)18-17-11-5-7-12-6-1-4-10-15(12)19(20)21/h1-11,18H. The van der Waals surface area contributed by atoms with Gasteiger partial charge in [0.1, 0.15) is 0 Å². The Morgan fingerprint density at radius 2 is 1.86 bits per heavy atom. The van der Waals surface area contributed by atoms with Crippen LogP contribution in [0.2, 0.25) is 5.02 Å². The van der Waals surface area contributed by atoms with E-state index in [4.69, 9.17) is 11.6 Å². The third-order valence-electron chi connectivity index (χ3n) is 2.63. The summed E-state index contributed by atoms with van der Waals surface area (Å²) in [7, 11) is 0. The number of allylic oxidation sites excluding steroid dienone is 1. The highest BCUT2D eigenvalue weighted by Crippen LogP contribution is 2.20. The van der Waals surface area contributed by atoms with E-state index in [0.717, 1.165) is 0 Å². The van der Waals surface area contributed by atoms with Crippen LogP contribution < -0.4 is 5.43 Å². The van der Waals surface area contributed by atoms with Crippen LogP contribution in [0.25, 0.3) is 6.08 Å². The molecule has 0 spiro atoms. The number of para-hydroxylation sites is 2. The van der Waals surface area contributed by atoms with Gasteiger partial charge in [0.2, 0.25) is 0 Å². The first kappa shape index (κ1) is 14.7. The topological polar surface area (TPSA) is 67.5 Å². The molecule has 0 aliphatic carbocycles. The number of nitro benzene ring substituents is 1. The molecule has 2 aromatic carbocycles. The number of anilines is 1. The zero-order valence-corrected chi connectivity index (χ0v) is 11.7. The second kappa shape index (κ2) is 7.21. The van der Waals surface area contributed by atoms with Crippen molar-refractivity contribution in [2.45, 2.75) is 0 Å². The smallest absolute Gasteiger partial charge is 0.276 e. The number of hydrogen-bond acceptors (Lipinski definition) is 4. The Bertz CT molecular complexity index is 699. The van der Waals surface area contributed by atoms with Crippen molar-refractivity contribution in [1.82, 2.24) is 0 Å². The summed E-state index contributed by atoms with van der Waals surface area (Å²) in [6.45, 7) is 0. The Hall–Kier alpha value is -2.66. The van der Waals surface area contributed by atoms with Crippen LogP contribution in [0.1, 0.15) is 5.56 Å². The molecule has 0 atom stereocenters. The molecule has 5 nitrogen and oxygen atoms in total. The predicted molar refractivity (Wildman–Crippen MR) is 85.7 cm³/mol. The zero-order chi connectivity index (χ0) is 15.1. The summed E-state index contributed by atoms with van der Waals surface area (Å²) in [5.74, 6) is 0. The molecule has 0 aromatic heterocycles. The van der Waals surface area contributed by atoms with Gasteiger partial charge in [-0.15, -0.1) is 0 Å². The van der Waals surface area contributed by atoms with E-state index in [9.17, 15) is 10.1 Å². The second-order valence-corrected chi connectivity index (χ2v) is 4.45. The van der Waals surface area contributed by atoms with Crippen LogP contribution in [0.15, 0.2) is 59.7 Å². The second-order valence-electron chi connectivity index (χ2n) is 4.04. The van der Waals surface area contributed by atoms with Crippen molar-refractivity contribution in [3.63, 3.8) is 0 Å². The van der Waals surface area contributed by atoms with E-state index in [2.05, 4.69) is 10.5 Å². The summed E-state index contributed by atoms with van der Waals surface area (Å²) < 4.78 is 0. The van der Waals surface area contributed by atoms with Crippen molar-refractivity contribution in [1.29, 1.82) is 0 Å². The largest absolute Gasteiger partial charge is 0.277 e. The maximum absolute atomic E-state index is 10.8. The van der Waals surface area contributed by atoms with Gasteiger partial charge in [-0.05, 0) is 30.4 Å². The molecule has 0 saturated heterocycles. The first-order valence-electron chi connectivity index (χ1n) is 6.12. The fraction of sp³-hybridized carbons (Fsp3) is 0. The Kier molecular flexibility index (Phi) is 5.06. The highest BCUT2D eigenvalue weighted by molar-refractivity contribution is 6.33. The molecule has 106 valence electrons. The summed E-state index contributed by atoms with van der Waals surface area (Å²) in [5, 5.41) is 15.4. The maximum Gasteiger partial charge on any atom is 0.276 e. The van der Waals surface area contributed by atoms with Crippen LogP contribution in [-0.4, -0.2) is 11.1 Å². The van der Waals surface area contributed by atoms with Gasteiger partial charge in [0.25, 0.3) is 5.69 Å². The van der Waals surface area contributed by atoms with E-state index in [0.29, 0.717) is 16.3 Å². The Labute approximate surface area is 126 Å². The molecule has 0 saturated carbocycles. The van der Waals surface area contributed by atoms with E-state index in [1.54, 1.807) is 42.5 Å². The molecule has 6 heteroatoms. The summed E-state index contributed by atoms with van der Waals surface area (Å²) in [6, 6.07) is 13.7. The quantitative estimate of drug-likeness (QED) is 0.507. The molecule has 0 unspecified atom stereocenters. The Balaban J connectivity index is 2.01. The van der Waals surface area contributed by atoms with E-state index in [1.807, 2.05) is 12.1 Å². The molecule has 2 rings (SSSR count). The summed E-state index contributed by atoms with van der Waals surface area (Å²) in [6.07, 6.45) is 4.74. The number of nitrogens with zero attached hydrogens (tertiary/aromatic N) is 2. The molecule has 0 amide bonds. The van der Waals surface area contributed by atoms with Crippen LogP contribution in [0, 0.1) is 10.1 Å². The van der Waals surface area contributed by atoms with E-state index >= 15 is 0 Å². The number of hydrazone groups is 1. The first-order chi connectivity index (χ1) is 10.2. The summed E-state index contributed by atoms with van der Waals surface area (Å²) in [5.41, 5.74) is 4.06. The number of hydrogen-bond donors (Lipinski definition) is 1. The first-order valence-corrected chi connectivity index (χ1v) is 6.50. The van der Waals surface area contributed by atoms with Crippen LogP contribution in [0.3, 0.4) is 0 Å². The predicted octanol–water partition coefficient (Wildman–Crippen LogP) is 4.36. The average molecular weight is 302 g/mol. The van der Waals surface area contributed by atoms with E-state index in [1.165, 1.54) is 12.3 Å². The van der Waals surface area contributed by atoms with Gasteiger partial charge in [0.15, 0.2) is 0 Å². The van der Waals surface area contributed by atoms with Crippen molar-refractivity contribution in [2.75, 3.05) is 5.43 Å². The lowest BCUT2D eigenvalue weighted by atomic mass is 10.2. The van der Waals surface area contributed by atoms with Gasteiger partial charge in [-0.1, -0.05) is 35.9 Å². The molecule has 0 bridgehead atoms. The van der Waals surface area contributed by atoms with Gasteiger partial charge < -0.3 is 0 Å². The fourth-order valence-corrected chi connectivity index (χ4v) is 1.82. The minimum atomic E-state index is -0.418. The van der Waals surface area contributed by atoms with Crippen LogP contribution in [0.4, 0.5) is 11.4 Å². The third kappa shape index (κ3) is 4.15. The minimum Gasteiger partial charge on any atom is -0.277 e. The van der Waals surface area contributed by atoms with Crippen LogP contribution in [-0.2, 0) is 0 Å².